The Labute approximate surface area is 132 Å². The summed E-state index contributed by atoms with van der Waals surface area (Å²) in [7, 11) is 0. The number of hydrogen-bond acceptors (Lipinski definition) is 6. The highest BCUT2D eigenvalue weighted by Gasteiger charge is 2.41. The molecule has 1 spiro atoms. The van der Waals surface area contributed by atoms with E-state index in [-0.39, 0.29) is 5.60 Å². The normalized spacial score (nSPS) is 29.4. The highest BCUT2D eigenvalue weighted by atomic mass is 32.2. The maximum absolute atomic E-state index is 6.07. The Bertz CT molecular complexity index is 652. The van der Waals surface area contributed by atoms with Crippen LogP contribution in [0.25, 0.3) is 11.1 Å². The molecule has 4 rings (SSSR count). The molecule has 2 fully saturated rings. The first-order valence-electron chi connectivity index (χ1n) is 7.27. The van der Waals surface area contributed by atoms with Crippen molar-refractivity contribution < 1.29 is 9.15 Å². The summed E-state index contributed by atoms with van der Waals surface area (Å²) in [6.45, 7) is 0.853. The summed E-state index contributed by atoms with van der Waals surface area (Å²) in [6, 6.07) is 5.60. The van der Waals surface area contributed by atoms with Crippen molar-refractivity contribution in [2.45, 2.75) is 35.3 Å². The van der Waals surface area contributed by atoms with Crippen molar-refractivity contribution >= 4 is 40.3 Å². The SMILES string of the molecule is Nc1ccc2oc(SC3CCOC4(CCSC4)C3)nc2c1. The van der Waals surface area contributed by atoms with Crippen LogP contribution in [0.2, 0.25) is 0 Å². The van der Waals surface area contributed by atoms with Gasteiger partial charge in [0, 0.05) is 23.3 Å². The van der Waals surface area contributed by atoms with Gasteiger partial charge < -0.3 is 14.9 Å². The fourth-order valence-electron chi connectivity index (χ4n) is 3.06. The van der Waals surface area contributed by atoms with E-state index < -0.39 is 0 Å². The summed E-state index contributed by atoms with van der Waals surface area (Å²) in [5, 5.41) is 1.28. The van der Waals surface area contributed by atoms with E-state index in [1.165, 1.54) is 12.2 Å². The maximum Gasteiger partial charge on any atom is 0.257 e. The van der Waals surface area contributed by atoms with Crippen LogP contribution in [-0.2, 0) is 4.74 Å². The monoisotopic (exact) mass is 322 g/mol. The van der Waals surface area contributed by atoms with Gasteiger partial charge in [-0.3, -0.25) is 0 Å². The topological polar surface area (TPSA) is 61.3 Å². The number of anilines is 1. The van der Waals surface area contributed by atoms with Crippen molar-refractivity contribution in [3.8, 4) is 0 Å². The molecule has 0 radical (unpaired) electrons. The van der Waals surface area contributed by atoms with Gasteiger partial charge in [0.15, 0.2) is 5.58 Å². The number of ether oxygens (including phenoxy) is 1. The van der Waals surface area contributed by atoms with Crippen LogP contribution in [0.1, 0.15) is 19.3 Å². The minimum Gasteiger partial charge on any atom is -0.431 e. The van der Waals surface area contributed by atoms with Gasteiger partial charge >= 0.3 is 0 Å². The summed E-state index contributed by atoms with van der Waals surface area (Å²) in [6.07, 6.45) is 3.35. The Balaban J connectivity index is 1.51. The second kappa shape index (κ2) is 5.41. The number of rotatable bonds is 2. The van der Waals surface area contributed by atoms with E-state index in [4.69, 9.17) is 14.9 Å². The molecule has 4 nitrogen and oxygen atoms in total. The lowest BCUT2D eigenvalue weighted by atomic mass is 9.93. The first-order valence-corrected chi connectivity index (χ1v) is 9.30. The first-order chi connectivity index (χ1) is 10.2. The fraction of sp³-hybridized carbons (Fsp3) is 0.533. The van der Waals surface area contributed by atoms with Crippen molar-refractivity contribution in [1.82, 2.24) is 4.98 Å². The molecule has 0 saturated carbocycles. The standard InChI is InChI=1S/C15H18N2O2S2/c16-10-1-2-13-12(7-10)17-14(19-13)21-11-3-5-18-15(8-11)4-6-20-9-15/h1-2,7,11H,3-6,8-9,16H2. The molecule has 6 heteroatoms. The third-order valence-electron chi connectivity index (χ3n) is 4.17. The number of nitrogens with zero attached hydrogens (tertiary/aromatic N) is 1. The molecule has 3 heterocycles. The molecular weight excluding hydrogens is 304 g/mol. The molecule has 112 valence electrons. The van der Waals surface area contributed by atoms with E-state index in [9.17, 15) is 0 Å². The van der Waals surface area contributed by atoms with E-state index in [0.717, 1.165) is 47.2 Å². The van der Waals surface area contributed by atoms with E-state index >= 15 is 0 Å². The second-order valence-electron chi connectivity index (χ2n) is 5.77. The number of oxazole rings is 1. The molecule has 1 aromatic carbocycles. The smallest absolute Gasteiger partial charge is 0.257 e. The van der Waals surface area contributed by atoms with Crippen LogP contribution in [0, 0.1) is 0 Å². The number of thioether (sulfide) groups is 2. The van der Waals surface area contributed by atoms with Gasteiger partial charge in [-0.2, -0.15) is 11.8 Å². The number of nitrogens with two attached hydrogens (primary N) is 1. The number of benzene rings is 1. The minimum atomic E-state index is 0.108. The van der Waals surface area contributed by atoms with Gasteiger partial charge in [-0.15, -0.1) is 0 Å². The molecule has 2 aromatic rings. The zero-order chi connectivity index (χ0) is 14.3. The van der Waals surface area contributed by atoms with Gasteiger partial charge in [0.25, 0.3) is 5.22 Å². The van der Waals surface area contributed by atoms with Gasteiger partial charge in [0.1, 0.15) is 5.52 Å². The van der Waals surface area contributed by atoms with Crippen molar-refractivity contribution in [3.05, 3.63) is 18.2 Å². The molecule has 2 atom stereocenters. The van der Waals surface area contributed by atoms with Crippen LogP contribution in [0.4, 0.5) is 5.69 Å². The zero-order valence-corrected chi connectivity index (χ0v) is 13.3. The number of nitrogen functional groups attached to an aromatic ring is 1. The van der Waals surface area contributed by atoms with Crippen LogP contribution in [0.5, 0.6) is 0 Å². The van der Waals surface area contributed by atoms with Crippen LogP contribution in [0.15, 0.2) is 27.8 Å². The molecule has 2 saturated heterocycles. The summed E-state index contributed by atoms with van der Waals surface area (Å²) < 4.78 is 11.9. The van der Waals surface area contributed by atoms with Crippen molar-refractivity contribution in [2.75, 3.05) is 23.8 Å². The van der Waals surface area contributed by atoms with Crippen LogP contribution >= 0.6 is 23.5 Å². The predicted octanol–water partition coefficient (Wildman–Crippen LogP) is 3.56. The molecule has 0 amide bonds. The summed E-state index contributed by atoms with van der Waals surface area (Å²) >= 11 is 3.76. The average molecular weight is 322 g/mol. The summed E-state index contributed by atoms with van der Waals surface area (Å²) in [5.74, 6) is 2.35. The van der Waals surface area contributed by atoms with Gasteiger partial charge in [-0.05, 0) is 43.2 Å². The van der Waals surface area contributed by atoms with Gasteiger partial charge in [-0.25, -0.2) is 4.98 Å². The van der Waals surface area contributed by atoms with Gasteiger partial charge in [0.2, 0.25) is 0 Å². The van der Waals surface area contributed by atoms with Gasteiger partial charge in [-0.1, -0.05) is 11.8 Å². The molecular formula is C15H18N2O2S2. The molecule has 0 aliphatic carbocycles. The maximum atomic E-state index is 6.07. The van der Waals surface area contributed by atoms with Crippen LogP contribution < -0.4 is 5.73 Å². The Morgan fingerprint density at radius 2 is 2.38 bits per heavy atom. The molecule has 1 aromatic heterocycles. The lowest BCUT2D eigenvalue weighted by Crippen LogP contribution is -2.40. The van der Waals surface area contributed by atoms with E-state index in [1.807, 2.05) is 30.0 Å². The zero-order valence-electron chi connectivity index (χ0n) is 11.7. The molecule has 2 N–H and O–H groups in total. The Morgan fingerprint density at radius 3 is 3.24 bits per heavy atom. The Kier molecular flexibility index (Phi) is 3.55. The molecule has 2 aliphatic rings. The quantitative estimate of drug-likeness (QED) is 0.853. The Morgan fingerprint density at radius 1 is 1.43 bits per heavy atom. The molecule has 21 heavy (non-hydrogen) atoms. The third kappa shape index (κ3) is 2.76. The van der Waals surface area contributed by atoms with Crippen molar-refractivity contribution in [2.24, 2.45) is 0 Å². The predicted molar refractivity (Wildman–Crippen MR) is 87.9 cm³/mol. The van der Waals surface area contributed by atoms with E-state index in [1.54, 1.807) is 11.8 Å². The minimum absolute atomic E-state index is 0.108. The summed E-state index contributed by atoms with van der Waals surface area (Å²) in [5.41, 5.74) is 8.27. The Hall–Kier alpha value is -0.850. The van der Waals surface area contributed by atoms with Crippen LogP contribution in [-0.4, -0.2) is 33.9 Å². The van der Waals surface area contributed by atoms with Crippen LogP contribution in [0.3, 0.4) is 0 Å². The number of aromatic nitrogens is 1. The van der Waals surface area contributed by atoms with E-state index in [2.05, 4.69) is 4.98 Å². The first kappa shape index (κ1) is 13.8. The number of fused-ring (bicyclic) bond motifs is 1. The molecule has 2 unspecified atom stereocenters. The lowest BCUT2D eigenvalue weighted by molar-refractivity contribution is -0.0563. The van der Waals surface area contributed by atoms with Gasteiger partial charge in [0.05, 0.1) is 5.60 Å². The van der Waals surface area contributed by atoms with Crippen molar-refractivity contribution in [3.63, 3.8) is 0 Å². The largest absolute Gasteiger partial charge is 0.431 e. The van der Waals surface area contributed by atoms with E-state index in [0.29, 0.717) is 5.25 Å². The summed E-state index contributed by atoms with van der Waals surface area (Å²) in [4.78, 5) is 4.55. The fourth-order valence-corrected chi connectivity index (χ4v) is 5.62. The highest BCUT2D eigenvalue weighted by Crippen LogP contribution is 2.43. The van der Waals surface area contributed by atoms with Crippen molar-refractivity contribution in [1.29, 1.82) is 0 Å². The molecule has 2 aliphatic heterocycles. The second-order valence-corrected chi connectivity index (χ2v) is 8.13. The average Bonchev–Trinajstić information content (AvgIpc) is 3.05. The lowest BCUT2D eigenvalue weighted by Gasteiger charge is -2.36. The third-order valence-corrected chi connectivity index (χ3v) is 6.51. The number of hydrogen-bond donors (Lipinski definition) is 1. The molecule has 0 bridgehead atoms. The highest BCUT2D eigenvalue weighted by molar-refractivity contribution is 8.00.